The molecule has 4 nitrogen and oxygen atoms in total. The van der Waals surface area contributed by atoms with E-state index in [9.17, 15) is 0 Å². The van der Waals surface area contributed by atoms with Gasteiger partial charge in [0, 0.05) is 29.0 Å². The molecule has 0 fully saturated rings. The lowest BCUT2D eigenvalue weighted by atomic mass is 10.2. The highest BCUT2D eigenvalue weighted by atomic mass is 79.9. The van der Waals surface area contributed by atoms with Gasteiger partial charge in [-0.2, -0.15) is 0 Å². The van der Waals surface area contributed by atoms with Crippen molar-refractivity contribution in [2.24, 2.45) is 0 Å². The van der Waals surface area contributed by atoms with Gasteiger partial charge in [0.1, 0.15) is 5.75 Å². The second-order valence-corrected chi connectivity index (χ2v) is 4.85. The van der Waals surface area contributed by atoms with Crippen molar-refractivity contribution >= 4 is 15.9 Å². The highest BCUT2D eigenvalue weighted by molar-refractivity contribution is 9.10. The van der Waals surface area contributed by atoms with Crippen molar-refractivity contribution in [3.8, 4) is 11.6 Å². The van der Waals surface area contributed by atoms with E-state index in [-0.39, 0.29) is 0 Å². The van der Waals surface area contributed by atoms with Crippen molar-refractivity contribution in [3.63, 3.8) is 0 Å². The van der Waals surface area contributed by atoms with Gasteiger partial charge in [-0.25, -0.2) is 4.98 Å². The summed E-state index contributed by atoms with van der Waals surface area (Å²) in [6.45, 7) is 2.78. The molecule has 2 rings (SSSR count). The average molecular weight is 308 g/mol. The van der Waals surface area contributed by atoms with Crippen LogP contribution in [-0.4, -0.2) is 17.0 Å². The average Bonchev–Trinajstić information content (AvgIpc) is 2.33. The fourth-order valence-electron chi connectivity index (χ4n) is 1.59. The molecular weight excluding hydrogens is 294 g/mol. The topological polar surface area (TPSA) is 47.0 Å². The summed E-state index contributed by atoms with van der Waals surface area (Å²) in [6, 6.07) is 3.92. The van der Waals surface area contributed by atoms with Gasteiger partial charge < -0.3 is 10.1 Å². The quantitative estimate of drug-likeness (QED) is 0.943. The Balaban J connectivity index is 2.19. The zero-order valence-electron chi connectivity index (χ0n) is 10.3. The van der Waals surface area contributed by atoms with Crippen molar-refractivity contribution < 1.29 is 4.74 Å². The number of halogens is 1. The summed E-state index contributed by atoms with van der Waals surface area (Å²) < 4.78 is 6.58. The molecule has 0 amide bonds. The van der Waals surface area contributed by atoms with Crippen LogP contribution in [0.5, 0.6) is 11.6 Å². The zero-order valence-corrected chi connectivity index (χ0v) is 11.9. The molecular formula is C13H14BrN3O. The predicted molar refractivity (Wildman–Crippen MR) is 73.7 cm³/mol. The third kappa shape index (κ3) is 3.27. The highest BCUT2D eigenvalue weighted by Crippen LogP contribution is 2.24. The van der Waals surface area contributed by atoms with Crippen LogP contribution in [0.4, 0.5) is 0 Å². The summed E-state index contributed by atoms with van der Waals surface area (Å²) >= 11 is 3.35. The lowest BCUT2D eigenvalue weighted by Gasteiger charge is -2.09. The summed E-state index contributed by atoms with van der Waals surface area (Å²) in [6.07, 6.45) is 5.18. The van der Waals surface area contributed by atoms with E-state index in [4.69, 9.17) is 4.74 Å². The molecule has 0 saturated carbocycles. The van der Waals surface area contributed by atoms with Gasteiger partial charge in [-0.15, -0.1) is 0 Å². The smallest absolute Gasteiger partial charge is 0.222 e. The Morgan fingerprint density at radius 3 is 2.78 bits per heavy atom. The van der Waals surface area contributed by atoms with Crippen LogP contribution in [0.3, 0.4) is 0 Å². The maximum atomic E-state index is 5.70. The summed E-state index contributed by atoms with van der Waals surface area (Å²) in [5.74, 6) is 1.27. The fraction of sp³-hybridized carbons (Fsp3) is 0.231. The van der Waals surface area contributed by atoms with E-state index in [1.54, 1.807) is 12.4 Å². The van der Waals surface area contributed by atoms with E-state index in [0.717, 1.165) is 22.1 Å². The van der Waals surface area contributed by atoms with Gasteiger partial charge in [0.05, 0.1) is 6.20 Å². The Morgan fingerprint density at radius 1 is 1.28 bits per heavy atom. The van der Waals surface area contributed by atoms with Gasteiger partial charge >= 0.3 is 0 Å². The third-order valence-electron chi connectivity index (χ3n) is 2.36. The molecule has 0 unspecified atom stereocenters. The first-order chi connectivity index (χ1) is 8.69. The molecule has 0 radical (unpaired) electrons. The Morgan fingerprint density at radius 2 is 2.11 bits per heavy atom. The molecule has 2 heterocycles. The number of aromatic nitrogens is 2. The minimum absolute atomic E-state index is 0.606. The Hall–Kier alpha value is -1.46. The van der Waals surface area contributed by atoms with Crippen molar-refractivity contribution in [1.29, 1.82) is 0 Å². The van der Waals surface area contributed by atoms with Crippen molar-refractivity contribution in [3.05, 3.63) is 46.3 Å². The molecule has 0 aliphatic rings. The number of aryl methyl sites for hydroxylation is 1. The maximum absolute atomic E-state index is 5.70. The van der Waals surface area contributed by atoms with Crippen LogP contribution in [-0.2, 0) is 6.54 Å². The van der Waals surface area contributed by atoms with Crippen LogP contribution in [0.1, 0.15) is 11.1 Å². The minimum Gasteiger partial charge on any atom is -0.437 e. The van der Waals surface area contributed by atoms with Gasteiger partial charge in [0.15, 0.2) is 0 Å². The molecule has 18 heavy (non-hydrogen) atoms. The van der Waals surface area contributed by atoms with Crippen LogP contribution < -0.4 is 10.1 Å². The van der Waals surface area contributed by atoms with E-state index in [0.29, 0.717) is 11.6 Å². The van der Waals surface area contributed by atoms with Crippen molar-refractivity contribution in [1.82, 2.24) is 15.3 Å². The van der Waals surface area contributed by atoms with Gasteiger partial charge in [-0.3, -0.25) is 4.98 Å². The van der Waals surface area contributed by atoms with E-state index in [2.05, 4.69) is 37.3 Å². The molecule has 0 aliphatic heterocycles. The van der Waals surface area contributed by atoms with Crippen LogP contribution in [0.2, 0.25) is 0 Å². The van der Waals surface area contributed by atoms with E-state index >= 15 is 0 Å². The first-order valence-corrected chi connectivity index (χ1v) is 6.37. The van der Waals surface area contributed by atoms with Crippen LogP contribution >= 0.6 is 15.9 Å². The Bertz CT molecular complexity index is 546. The first kappa shape index (κ1) is 13.0. The normalized spacial score (nSPS) is 10.4. The number of hydrogen-bond donors (Lipinski definition) is 1. The molecule has 0 bridgehead atoms. The summed E-state index contributed by atoms with van der Waals surface area (Å²) in [4.78, 5) is 8.36. The molecule has 0 aliphatic carbocycles. The largest absolute Gasteiger partial charge is 0.437 e. The molecule has 5 heteroatoms. The highest BCUT2D eigenvalue weighted by Gasteiger charge is 2.05. The molecule has 1 N–H and O–H groups in total. The standard InChI is InChI=1S/C13H14BrN3O/c1-9-3-10(5-15-2)6-17-13(9)18-12-4-11(14)7-16-8-12/h3-4,6-8,15H,5H2,1-2H3. The summed E-state index contributed by atoms with van der Waals surface area (Å²) in [7, 11) is 1.91. The first-order valence-electron chi connectivity index (χ1n) is 5.57. The monoisotopic (exact) mass is 307 g/mol. The van der Waals surface area contributed by atoms with E-state index < -0.39 is 0 Å². The number of nitrogens with zero attached hydrogens (tertiary/aromatic N) is 2. The van der Waals surface area contributed by atoms with Crippen LogP contribution in [0, 0.1) is 6.92 Å². The Labute approximate surface area is 115 Å². The fourth-order valence-corrected chi connectivity index (χ4v) is 1.93. The SMILES string of the molecule is CNCc1cnc(Oc2cncc(Br)c2)c(C)c1. The number of pyridine rings is 2. The maximum Gasteiger partial charge on any atom is 0.222 e. The van der Waals surface area contributed by atoms with Gasteiger partial charge in [-0.1, -0.05) is 0 Å². The number of nitrogens with one attached hydrogen (secondary N) is 1. The van der Waals surface area contributed by atoms with Crippen LogP contribution in [0.25, 0.3) is 0 Å². The van der Waals surface area contributed by atoms with Gasteiger partial charge in [0.2, 0.25) is 5.88 Å². The molecule has 2 aromatic rings. The number of hydrogen-bond acceptors (Lipinski definition) is 4. The third-order valence-corrected chi connectivity index (χ3v) is 2.80. The number of rotatable bonds is 4. The minimum atomic E-state index is 0.606. The molecule has 2 aromatic heterocycles. The van der Waals surface area contributed by atoms with Crippen molar-refractivity contribution in [2.45, 2.75) is 13.5 Å². The Kier molecular flexibility index (Phi) is 4.28. The predicted octanol–water partition coefficient (Wildman–Crippen LogP) is 3.06. The molecule has 0 atom stereocenters. The lowest BCUT2D eigenvalue weighted by molar-refractivity contribution is 0.456. The van der Waals surface area contributed by atoms with Crippen LogP contribution in [0.15, 0.2) is 35.2 Å². The second kappa shape index (κ2) is 5.93. The molecule has 0 saturated heterocycles. The van der Waals surface area contributed by atoms with Crippen molar-refractivity contribution in [2.75, 3.05) is 7.05 Å². The molecule has 0 spiro atoms. The van der Waals surface area contributed by atoms with Gasteiger partial charge in [-0.05, 0) is 47.6 Å². The molecule has 0 aromatic carbocycles. The molecule has 94 valence electrons. The summed E-state index contributed by atoms with van der Waals surface area (Å²) in [5.41, 5.74) is 2.14. The zero-order chi connectivity index (χ0) is 13.0. The number of ether oxygens (including phenoxy) is 1. The van der Waals surface area contributed by atoms with Gasteiger partial charge in [0.25, 0.3) is 0 Å². The second-order valence-electron chi connectivity index (χ2n) is 3.94. The summed E-state index contributed by atoms with van der Waals surface area (Å²) in [5, 5.41) is 3.09. The van der Waals surface area contributed by atoms with E-state index in [1.807, 2.05) is 26.2 Å². The van der Waals surface area contributed by atoms with E-state index in [1.165, 1.54) is 0 Å². The lowest BCUT2D eigenvalue weighted by Crippen LogP contribution is -2.06.